The number of nitrogens with one attached hydrogen (secondary N) is 1. The van der Waals surface area contributed by atoms with E-state index in [1.165, 1.54) is 12.8 Å². The van der Waals surface area contributed by atoms with E-state index in [1.54, 1.807) is 7.11 Å². The molecule has 2 rings (SSSR count). The van der Waals surface area contributed by atoms with E-state index < -0.39 is 0 Å². The van der Waals surface area contributed by atoms with Gasteiger partial charge in [0, 0.05) is 23.7 Å². The lowest BCUT2D eigenvalue weighted by atomic mass is 9.97. The SMILES string of the molecule is COc1ccc(Cl)cc1CN(C)CC1CCNCC1.Cl. The second-order valence-electron chi connectivity index (χ2n) is 5.35. The average Bonchev–Trinajstić information content (AvgIpc) is 2.40. The maximum Gasteiger partial charge on any atom is 0.123 e. The third-order valence-electron chi connectivity index (χ3n) is 3.71. The number of piperidine rings is 1. The Morgan fingerprint density at radius 2 is 2.05 bits per heavy atom. The minimum absolute atomic E-state index is 0. The fraction of sp³-hybridized carbons (Fsp3) is 0.600. The quantitative estimate of drug-likeness (QED) is 0.902. The first-order valence-corrected chi connectivity index (χ1v) is 7.28. The summed E-state index contributed by atoms with van der Waals surface area (Å²) in [7, 11) is 3.88. The molecule has 0 amide bonds. The van der Waals surface area contributed by atoms with Crippen LogP contribution in [0.4, 0.5) is 0 Å². The van der Waals surface area contributed by atoms with E-state index in [2.05, 4.69) is 17.3 Å². The van der Waals surface area contributed by atoms with Gasteiger partial charge in [0.1, 0.15) is 5.75 Å². The first-order valence-electron chi connectivity index (χ1n) is 6.90. The van der Waals surface area contributed by atoms with Crippen molar-refractivity contribution >= 4 is 24.0 Å². The molecule has 1 saturated heterocycles. The molecule has 0 unspecified atom stereocenters. The van der Waals surface area contributed by atoms with Crippen molar-refractivity contribution in [2.45, 2.75) is 19.4 Å². The van der Waals surface area contributed by atoms with E-state index in [4.69, 9.17) is 16.3 Å². The van der Waals surface area contributed by atoms with Crippen LogP contribution in [0.15, 0.2) is 18.2 Å². The molecular formula is C15H24Cl2N2O. The van der Waals surface area contributed by atoms with Gasteiger partial charge in [-0.1, -0.05) is 11.6 Å². The highest BCUT2D eigenvalue weighted by Gasteiger charge is 2.16. The smallest absolute Gasteiger partial charge is 0.123 e. The van der Waals surface area contributed by atoms with Crippen LogP contribution in [0.5, 0.6) is 5.75 Å². The fourth-order valence-corrected chi connectivity index (χ4v) is 2.93. The summed E-state index contributed by atoms with van der Waals surface area (Å²) in [6.07, 6.45) is 2.55. The van der Waals surface area contributed by atoms with Crippen molar-refractivity contribution in [1.82, 2.24) is 10.2 Å². The number of methoxy groups -OCH3 is 1. The molecule has 1 aromatic carbocycles. The van der Waals surface area contributed by atoms with Gasteiger partial charge in [0.25, 0.3) is 0 Å². The van der Waals surface area contributed by atoms with Crippen molar-refractivity contribution in [3.63, 3.8) is 0 Å². The molecule has 1 aromatic rings. The number of halogens is 2. The average molecular weight is 319 g/mol. The molecule has 0 atom stereocenters. The lowest BCUT2D eigenvalue weighted by Gasteiger charge is -2.27. The van der Waals surface area contributed by atoms with Crippen LogP contribution in [-0.2, 0) is 6.54 Å². The van der Waals surface area contributed by atoms with Crippen LogP contribution < -0.4 is 10.1 Å². The van der Waals surface area contributed by atoms with Gasteiger partial charge in [-0.15, -0.1) is 12.4 Å². The number of benzene rings is 1. The maximum atomic E-state index is 6.07. The molecule has 0 radical (unpaired) electrons. The maximum absolute atomic E-state index is 6.07. The predicted molar refractivity (Wildman–Crippen MR) is 87.2 cm³/mol. The van der Waals surface area contributed by atoms with Crippen LogP contribution in [0.2, 0.25) is 5.02 Å². The topological polar surface area (TPSA) is 24.5 Å². The van der Waals surface area contributed by atoms with Crippen molar-refractivity contribution in [2.75, 3.05) is 33.8 Å². The number of ether oxygens (including phenoxy) is 1. The van der Waals surface area contributed by atoms with Crippen LogP contribution in [0.3, 0.4) is 0 Å². The van der Waals surface area contributed by atoms with Gasteiger partial charge in [-0.05, 0) is 57.1 Å². The highest BCUT2D eigenvalue weighted by Crippen LogP contribution is 2.24. The Balaban J connectivity index is 0.00000200. The third-order valence-corrected chi connectivity index (χ3v) is 3.95. The first-order chi connectivity index (χ1) is 9.19. The molecule has 0 aliphatic carbocycles. The van der Waals surface area contributed by atoms with Gasteiger partial charge < -0.3 is 15.0 Å². The first kappa shape index (κ1) is 17.6. The molecule has 1 aliphatic rings. The van der Waals surface area contributed by atoms with E-state index >= 15 is 0 Å². The molecule has 114 valence electrons. The van der Waals surface area contributed by atoms with Gasteiger partial charge in [0.15, 0.2) is 0 Å². The van der Waals surface area contributed by atoms with E-state index in [0.717, 1.165) is 48.4 Å². The number of nitrogens with zero attached hydrogens (tertiary/aromatic N) is 1. The Morgan fingerprint density at radius 3 is 2.70 bits per heavy atom. The van der Waals surface area contributed by atoms with Crippen molar-refractivity contribution in [2.24, 2.45) is 5.92 Å². The molecule has 5 heteroatoms. The molecule has 1 aliphatic heterocycles. The molecule has 0 spiro atoms. The molecule has 1 fully saturated rings. The molecule has 0 aromatic heterocycles. The van der Waals surface area contributed by atoms with Crippen molar-refractivity contribution < 1.29 is 4.74 Å². The Morgan fingerprint density at radius 1 is 1.35 bits per heavy atom. The van der Waals surface area contributed by atoms with E-state index in [1.807, 2.05) is 18.2 Å². The van der Waals surface area contributed by atoms with E-state index in [0.29, 0.717) is 0 Å². The van der Waals surface area contributed by atoms with Gasteiger partial charge in [-0.2, -0.15) is 0 Å². The Kier molecular flexibility index (Phi) is 7.67. The minimum Gasteiger partial charge on any atom is -0.496 e. The lowest BCUT2D eigenvalue weighted by molar-refractivity contribution is 0.232. The molecular weight excluding hydrogens is 295 g/mol. The molecule has 3 nitrogen and oxygen atoms in total. The van der Waals surface area contributed by atoms with E-state index in [9.17, 15) is 0 Å². The Bertz CT molecular complexity index is 409. The highest BCUT2D eigenvalue weighted by atomic mass is 35.5. The zero-order valence-corrected chi connectivity index (χ0v) is 13.8. The largest absolute Gasteiger partial charge is 0.496 e. The zero-order valence-electron chi connectivity index (χ0n) is 12.2. The normalized spacial score (nSPS) is 16.0. The summed E-state index contributed by atoms with van der Waals surface area (Å²) >= 11 is 6.07. The summed E-state index contributed by atoms with van der Waals surface area (Å²) in [5, 5.41) is 4.18. The number of hydrogen-bond donors (Lipinski definition) is 1. The van der Waals surface area contributed by atoms with Crippen LogP contribution in [-0.4, -0.2) is 38.7 Å². The summed E-state index contributed by atoms with van der Waals surface area (Å²) in [5.74, 6) is 1.72. The summed E-state index contributed by atoms with van der Waals surface area (Å²) in [5.41, 5.74) is 1.16. The van der Waals surface area contributed by atoms with Gasteiger partial charge >= 0.3 is 0 Å². The molecule has 0 saturated carbocycles. The van der Waals surface area contributed by atoms with Crippen molar-refractivity contribution in [1.29, 1.82) is 0 Å². The number of rotatable bonds is 5. The van der Waals surface area contributed by atoms with Gasteiger partial charge in [0.2, 0.25) is 0 Å². The summed E-state index contributed by atoms with van der Waals surface area (Å²) < 4.78 is 5.40. The second kappa shape index (κ2) is 8.73. The van der Waals surface area contributed by atoms with E-state index in [-0.39, 0.29) is 12.4 Å². The molecule has 1 N–H and O–H groups in total. The Labute approximate surface area is 133 Å². The minimum atomic E-state index is 0. The monoisotopic (exact) mass is 318 g/mol. The predicted octanol–water partition coefficient (Wildman–Crippen LogP) is 3.20. The lowest BCUT2D eigenvalue weighted by Crippen LogP contribution is -2.34. The summed E-state index contributed by atoms with van der Waals surface area (Å²) in [6.45, 7) is 4.32. The van der Waals surface area contributed by atoms with Crippen LogP contribution in [0, 0.1) is 5.92 Å². The molecule has 0 bridgehead atoms. The van der Waals surface area contributed by atoms with Crippen LogP contribution in [0.1, 0.15) is 18.4 Å². The molecule has 1 heterocycles. The Hall–Kier alpha value is -0.480. The standard InChI is InChI=1S/C15H23ClN2O.ClH/c1-18(10-12-5-7-17-8-6-12)11-13-9-14(16)3-4-15(13)19-2;/h3-4,9,12,17H,5-8,10-11H2,1-2H3;1H. The highest BCUT2D eigenvalue weighted by molar-refractivity contribution is 6.30. The van der Waals surface area contributed by atoms with Crippen LogP contribution in [0.25, 0.3) is 0 Å². The zero-order chi connectivity index (χ0) is 13.7. The third kappa shape index (κ3) is 5.13. The van der Waals surface area contributed by atoms with Crippen molar-refractivity contribution in [3.05, 3.63) is 28.8 Å². The van der Waals surface area contributed by atoms with Gasteiger partial charge in [0.05, 0.1) is 7.11 Å². The molecule has 20 heavy (non-hydrogen) atoms. The fourth-order valence-electron chi connectivity index (χ4n) is 2.73. The second-order valence-corrected chi connectivity index (χ2v) is 5.78. The van der Waals surface area contributed by atoms with Gasteiger partial charge in [-0.3, -0.25) is 0 Å². The number of hydrogen-bond acceptors (Lipinski definition) is 3. The van der Waals surface area contributed by atoms with Gasteiger partial charge in [-0.25, -0.2) is 0 Å². The van der Waals surface area contributed by atoms with Crippen molar-refractivity contribution in [3.8, 4) is 5.75 Å². The summed E-state index contributed by atoms with van der Waals surface area (Å²) in [6, 6.07) is 5.81. The summed E-state index contributed by atoms with van der Waals surface area (Å²) in [4.78, 5) is 2.37. The van der Waals surface area contributed by atoms with Crippen LogP contribution >= 0.6 is 24.0 Å².